The monoisotopic (exact) mass is 463 g/mol. The van der Waals surface area contributed by atoms with Crippen molar-refractivity contribution in [2.45, 2.75) is 17.7 Å². The zero-order valence-electron chi connectivity index (χ0n) is 16.7. The molecular formula is C21H22ClN3O5S. The van der Waals surface area contributed by atoms with Crippen LogP contribution >= 0.6 is 11.6 Å². The van der Waals surface area contributed by atoms with Crippen LogP contribution in [0.4, 0.5) is 0 Å². The maximum Gasteiger partial charge on any atom is 0.269 e. The van der Waals surface area contributed by atoms with Crippen LogP contribution in [0.3, 0.4) is 0 Å². The molecule has 2 aliphatic rings. The molecule has 0 atom stereocenters. The topological polar surface area (TPSA) is 82.9 Å². The SMILES string of the molecule is O=S(=O)(c1ccccc1)n1c(CN2CCOCC2)cc2c(Cl)c(C3OCCO3)cnc21. The quantitative estimate of drug-likeness (QED) is 0.575. The molecule has 0 bridgehead atoms. The molecule has 31 heavy (non-hydrogen) atoms. The lowest BCUT2D eigenvalue weighted by Crippen LogP contribution is -2.36. The Morgan fingerprint density at radius 3 is 2.48 bits per heavy atom. The van der Waals surface area contributed by atoms with Gasteiger partial charge in [-0.2, -0.15) is 0 Å². The lowest BCUT2D eigenvalue weighted by molar-refractivity contribution is -0.0441. The van der Waals surface area contributed by atoms with E-state index in [1.54, 1.807) is 36.4 Å². The fourth-order valence-electron chi connectivity index (χ4n) is 3.93. The smallest absolute Gasteiger partial charge is 0.269 e. The number of hydrogen-bond donors (Lipinski definition) is 0. The van der Waals surface area contributed by atoms with Gasteiger partial charge in [0, 0.05) is 36.8 Å². The van der Waals surface area contributed by atoms with Gasteiger partial charge < -0.3 is 14.2 Å². The Bertz CT molecular complexity index is 1190. The average molecular weight is 464 g/mol. The fraction of sp³-hybridized carbons (Fsp3) is 0.381. The molecule has 2 aromatic heterocycles. The highest BCUT2D eigenvalue weighted by molar-refractivity contribution is 7.90. The standard InChI is InChI=1S/C21H22ClN3O5S/c22-19-17-12-15(14-24-6-8-28-9-7-24)25(31(26,27)16-4-2-1-3-5-16)20(17)23-13-18(19)21-29-10-11-30-21/h1-5,12-13,21H,6-11,14H2. The van der Waals surface area contributed by atoms with Gasteiger partial charge in [0.15, 0.2) is 11.9 Å². The van der Waals surface area contributed by atoms with Crippen molar-refractivity contribution in [3.05, 3.63) is 58.9 Å². The van der Waals surface area contributed by atoms with Crippen molar-refractivity contribution in [3.63, 3.8) is 0 Å². The number of rotatable bonds is 5. The summed E-state index contributed by atoms with van der Waals surface area (Å²) >= 11 is 6.70. The highest BCUT2D eigenvalue weighted by Crippen LogP contribution is 2.36. The van der Waals surface area contributed by atoms with Crippen LogP contribution in [0.2, 0.25) is 5.02 Å². The Morgan fingerprint density at radius 1 is 1.06 bits per heavy atom. The first-order chi connectivity index (χ1) is 15.1. The summed E-state index contributed by atoms with van der Waals surface area (Å²) in [5.74, 6) is 0. The second-order valence-corrected chi connectivity index (χ2v) is 9.61. The first-order valence-corrected chi connectivity index (χ1v) is 11.9. The van der Waals surface area contributed by atoms with Crippen molar-refractivity contribution in [2.24, 2.45) is 0 Å². The minimum absolute atomic E-state index is 0.195. The van der Waals surface area contributed by atoms with Gasteiger partial charge in [-0.05, 0) is 18.2 Å². The lowest BCUT2D eigenvalue weighted by Gasteiger charge is -2.26. The van der Waals surface area contributed by atoms with Gasteiger partial charge in [-0.15, -0.1) is 0 Å². The average Bonchev–Trinajstić information content (AvgIpc) is 3.44. The van der Waals surface area contributed by atoms with Crippen LogP contribution in [-0.2, 0) is 30.8 Å². The van der Waals surface area contributed by atoms with Crippen LogP contribution in [0.5, 0.6) is 0 Å². The van der Waals surface area contributed by atoms with Gasteiger partial charge in [-0.1, -0.05) is 29.8 Å². The van der Waals surface area contributed by atoms with E-state index >= 15 is 0 Å². The summed E-state index contributed by atoms with van der Waals surface area (Å²) in [5, 5.41) is 0.947. The van der Waals surface area contributed by atoms with Gasteiger partial charge in [0.1, 0.15) is 0 Å². The molecule has 164 valence electrons. The molecule has 5 rings (SSSR count). The van der Waals surface area contributed by atoms with Crippen LogP contribution in [0.1, 0.15) is 17.5 Å². The van der Waals surface area contributed by atoms with Crippen LogP contribution in [0.15, 0.2) is 47.5 Å². The highest BCUT2D eigenvalue weighted by atomic mass is 35.5. The van der Waals surface area contributed by atoms with Crippen molar-refractivity contribution in [1.82, 2.24) is 13.9 Å². The Labute approximate surface area is 185 Å². The third-order valence-corrected chi connectivity index (χ3v) is 7.65. The first kappa shape index (κ1) is 20.9. The zero-order chi connectivity index (χ0) is 21.4. The highest BCUT2D eigenvalue weighted by Gasteiger charge is 2.29. The Morgan fingerprint density at radius 2 is 1.77 bits per heavy atom. The number of pyridine rings is 1. The molecular weight excluding hydrogens is 442 g/mol. The Kier molecular flexibility index (Phi) is 5.72. The zero-order valence-corrected chi connectivity index (χ0v) is 18.3. The largest absolute Gasteiger partial charge is 0.379 e. The second kappa shape index (κ2) is 8.50. The summed E-state index contributed by atoms with van der Waals surface area (Å²) in [7, 11) is -3.88. The molecule has 2 saturated heterocycles. The van der Waals surface area contributed by atoms with Crippen molar-refractivity contribution >= 4 is 32.7 Å². The van der Waals surface area contributed by atoms with Gasteiger partial charge in [0.2, 0.25) is 0 Å². The molecule has 0 N–H and O–H groups in total. The number of halogens is 1. The van der Waals surface area contributed by atoms with E-state index in [0.29, 0.717) is 60.3 Å². The summed E-state index contributed by atoms with van der Waals surface area (Å²) in [6, 6.07) is 10.1. The molecule has 1 aromatic carbocycles. The predicted molar refractivity (Wildman–Crippen MR) is 115 cm³/mol. The first-order valence-electron chi connectivity index (χ1n) is 10.1. The molecule has 0 aliphatic carbocycles. The third-order valence-electron chi connectivity index (χ3n) is 5.47. The van der Waals surface area contributed by atoms with E-state index in [-0.39, 0.29) is 4.90 Å². The normalized spacial score (nSPS) is 18.7. The van der Waals surface area contributed by atoms with E-state index in [0.717, 1.165) is 13.1 Å². The predicted octanol–water partition coefficient (Wildman–Crippen LogP) is 2.80. The van der Waals surface area contributed by atoms with Crippen molar-refractivity contribution in [2.75, 3.05) is 39.5 Å². The minimum Gasteiger partial charge on any atom is -0.379 e. The Balaban J connectivity index is 1.67. The molecule has 3 aromatic rings. The van der Waals surface area contributed by atoms with Crippen molar-refractivity contribution in [1.29, 1.82) is 0 Å². The summed E-state index contributed by atoms with van der Waals surface area (Å²) in [6.45, 7) is 4.08. The molecule has 8 nitrogen and oxygen atoms in total. The molecule has 4 heterocycles. The van der Waals surface area contributed by atoms with Crippen molar-refractivity contribution in [3.8, 4) is 0 Å². The van der Waals surface area contributed by atoms with E-state index < -0.39 is 16.3 Å². The number of benzene rings is 1. The van der Waals surface area contributed by atoms with Crippen molar-refractivity contribution < 1.29 is 22.6 Å². The van der Waals surface area contributed by atoms with Gasteiger partial charge in [0.05, 0.1) is 42.0 Å². The van der Waals surface area contributed by atoms with E-state index in [4.69, 9.17) is 25.8 Å². The lowest BCUT2D eigenvalue weighted by atomic mass is 10.2. The molecule has 0 spiro atoms. The number of aromatic nitrogens is 2. The third kappa shape index (κ3) is 3.86. The molecule has 0 radical (unpaired) electrons. The van der Waals surface area contributed by atoms with Crippen LogP contribution < -0.4 is 0 Å². The van der Waals surface area contributed by atoms with Gasteiger partial charge in [-0.3, -0.25) is 4.90 Å². The summed E-state index contributed by atoms with van der Waals surface area (Å²) in [4.78, 5) is 6.84. The minimum atomic E-state index is -3.88. The number of nitrogens with zero attached hydrogens (tertiary/aromatic N) is 3. The van der Waals surface area contributed by atoms with Crippen LogP contribution in [-0.4, -0.2) is 61.8 Å². The fourth-order valence-corrected chi connectivity index (χ4v) is 5.71. The molecule has 0 amide bonds. The molecule has 2 fully saturated rings. The second-order valence-electron chi connectivity index (χ2n) is 7.45. The maximum absolute atomic E-state index is 13.6. The molecule has 2 aliphatic heterocycles. The maximum atomic E-state index is 13.6. The van der Waals surface area contributed by atoms with Gasteiger partial charge in [0.25, 0.3) is 10.0 Å². The van der Waals surface area contributed by atoms with Gasteiger partial charge >= 0.3 is 0 Å². The number of ether oxygens (including phenoxy) is 3. The number of fused-ring (bicyclic) bond motifs is 1. The summed E-state index contributed by atoms with van der Waals surface area (Å²) < 4.78 is 45.1. The van der Waals surface area contributed by atoms with E-state index in [1.807, 2.05) is 0 Å². The van der Waals surface area contributed by atoms with Crippen LogP contribution in [0.25, 0.3) is 11.0 Å². The summed E-state index contributed by atoms with van der Waals surface area (Å²) in [5.41, 5.74) is 1.48. The van der Waals surface area contributed by atoms with E-state index in [2.05, 4.69) is 9.88 Å². The Hall–Kier alpha value is -2.01. The molecule has 0 unspecified atom stereocenters. The van der Waals surface area contributed by atoms with Crippen LogP contribution in [0, 0.1) is 0 Å². The molecule has 0 saturated carbocycles. The number of hydrogen-bond acceptors (Lipinski definition) is 7. The van der Waals surface area contributed by atoms with E-state index in [9.17, 15) is 8.42 Å². The number of morpholine rings is 1. The van der Waals surface area contributed by atoms with E-state index in [1.165, 1.54) is 10.2 Å². The summed E-state index contributed by atoms with van der Waals surface area (Å²) in [6.07, 6.45) is 0.942. The molecule has 10 heteroatoms. The van der Waals surface area contributed by atoms with Gasteiger partial charge in [-0.25, -0.2) is 17.4 Å².